The molecule has 3 rings (SSSR count). The van der Waals surface area contributed by atoms with Crippen LogP contribution in [0.3, 0.4) is 0 Å². The largest absolute Gasteiger partial charge is 0.479 e. The monoisotopic (exact) mass is 513 g/mol. The van der Waals surface area contributed by atoms with Crippen LogP contribution in [0.5, 0.6) is 29.5 Å². The zero-order valence-electron chi connectivity index (χ0n) is 22.4. The number of anilines is 1. The van der Waals surface area contributed by atoms with E-state index in [0.29, 0.717) is 5.75 Å². The van der Waals surface area contributed by atoms with Gasteiger partial charge in [-0.15, -0.1) is 0 Å². The number of aryl methyl sites for hydroxylation is 1. The summed E-state index contributed by atoms with van der Waals surface area (Å²) in [7, 11) is 2.97. The number of carbonyl (C=O) groups is 1. The maximum atomic E-state index is 12.9. The predicted molar refractivity (Wildman–Crippen MR) is 141 cm³/mol. The van der Waals surface area contributed by atoms with Crippen LogP contribution in [0, 0.1) is 6.92 Å². The fourth-order valence-corrected chi connectivity index (χ4v) is 7.09. The van der Waals surface area contributed by atoms with Gasteiger partial charge in [0.1, 0.15) is 5.75 Å². The maximum Gasteiger partial charge on any atom is 0.322 e. The Kier molecular flexibility index (Phi) is 7.98. The molecule has 0 aliphatic carbocycles. The summed E-state index contributed by atoms with van der Waals surface area (Å²) in [5, 5.41) is 2.67. The molecule has 2 heterocycles. The first-order chi connectivity index (χ1) is 16.9. The number of ether oxygens (including phenoxy) is 4. The average molecular weight is 514 g/mol. The van der Waals surface area contributed by atoms with Gasteiger partial charge in [-0.2, -0.15) is 9.97 Å². The van der Waals surface area contributed by atoms with Crippen LogP contribution in [0.4, 0.5) is 5.69 Å². The third kappa shape index (κ3) is 6.37. The molecule has 1 N–H and O–H groups in total. The quantitative estimate of drug-likeness (QED) is 0.326. The molecule has 1 amide bonds. The number of benzene rings is 1. The number of carbonyl (C=O) groups excluding carboxylic acids is 1. The van der Waals surface area contributed by atoms with Crippen LogP contribution in [-0.2, 0) is 5.41 Å². The van der Waals surface area contributed by atoms with Gasteiger partial charge in [0.25, 0.3) is 11.9 Å². The summed E-state index contributed by atoms with van der Waals surface area (Å²) >= 11 is 0. The fraction of sp³-hybridized carbons (Fsp3) is 0.423. The van der Waals surface area contributed by atoms with Crippen molar-refractivity contribution in [2.75, 3.05) is 26.6 Å². The first-order valence-corrected chi connectivity index (χ1v) is 15.3. The van der Waals surface area contributed by atoms with Gasteiger partial charge in [0, 0.05) is 14.1 Å². The Morgan fingerprint density at radius 1 is 1.00 bits per heavy atom. The number of furan rings is 1. The number of hydrogen-bond acceptors (Lipinski definition) is 8. The highest BCUT2D eigenvalue weighted by molar-refractivity contribution is 6.76. The molecule has 194 valence electrons. The summed E-state index contributed by atoms with van der Waals surface area (Å²) in [6.45, 7) is 13.6. The minimum atomic E-state index is -1.28. The standard InChI is InChI=1S/C26H35N3O6Si/c1-16-10-11-17(26(2,3)15-36(7,8)9)14-19(16)35-20-13-12-18(34-20)22(30)27-21-23(31-4)28-25(33-6)29-24(21)32-5/h10-14H,15H2,1-9H3,(H,27,30). The lowest BCUT2D eigenvalue weighted by molar-refractivity contribution is 0.0990. The summed E-state index contributed by atoms with van der Waals surface area (Å²) in [6.07, 6.45) is 0. The van der Waals surface area contributed by atoms with E-state index < -0.39 is 14.0 Å². The molecule has 0 aliphatic heterocycles. The second kappa shape index (κ2) is 10.6. The van der Waals surface area contributed by atoms with Crippen molar-refractivity contribution in [1.29, 1.82) is 0 Å². The number of aromatic nitrogens is 2. The van der Waals surface area contributed by atoms with E-state index in [1.807, 2.05) is 6.92 Å². The molecular formula is C26H35N3O6Si. The van der Waals surface area contributed by atoms with Crippen molar-refractivity contribution in [1.82, 2.24) is 9.97 Å². The van der Waals surface area contributed by atoms with Crippen LogP contribution in [0.1, 0.15) is 35.5 Å². The summed E-state index contributed by atoms with van der Waals surface area (Å²) in [4.78, 5) is 21.1. The molecule has 0 saturated carbocycles. The van der Waals surface area contributed by atoms with E-state index in [4.69, 9.17) is 23.4 Å². The Labute approximate surface area is 213 Å². The minimum Gasteiger partial charge on any atom is -0.479 e. The third-order valence-corrected chi connectivity index (χ3v) is 7.53. The second-order valence-electron chi connectivity index (χ2n) is 10.4. The number of rotatable bonds is 10. The Hall–Kier alpha value is -3.53. The molecule has 0 saturated heterocycles. The number of nitrogens with zero attached hydrogens (tertiary/aromatic N) is 2. The van der Waals surface area contributed by atoms with Gasteiger partial charge < -0.3 is 28.7 Å². The molecular weight excluding hydrogens is 478 g/mol. The first kappa shape index (κ1) is 27.1. The summed E-state index contributed by atoms with van der Waals surface area (Å²) in [5.74, 6) is 0.555. The Bertz CT molecular complexity index is 1210. The van der Waals surface area contributed by atoms with Crippen LogP contribution in [0.2, 0.25) is 25.7 Å². The van der Waals surface area contributed by atoms with E-state index in [2.05, 4.69) is 67.0 Å². The van der Waals surface area contributed by atoms with Gasteiger partial charge in [0.15, 0.2) is 11.4 Å². The summed E-state index contributed by atoms with van der Waals surface area (Å²) in [5.41, 5.74) is 2.34. The summed E-state index contributed by atoms with van der Waals surface area (Å²) in [6, 6.07) is 10.6. The highest BCUT2D eigenvalue weighted by Gasteiger charge is 2.29. The second-order valence-corrected chi connectivity index (χ2v) is 15.9. The van der Waals surface area contributed by atoms with Crippen LogP contribution in [-0.4, -0.2) is 45.3 Å². The van der Waals surface area contributed by atoms with Crippen molar-refractivity contribution in [3.05, 3.63) is 47.2 Å². The number of amides is 1. The van der Waals surface area contributed by atoms with Gasteiger partial charge in [0.2, 0.25) is 11.8 Å². The molecule has 0 fully saturated rings. The van der Waals surface area contributed by atoms with Gasteiger partial charge in [-0.3, -0.25) is 4.79 Å². The third-order valence-electron chi connectivity index (χ3n) is 5.59. The molecule has 0 radical (unpaired) electrons. The van der Waals surface area contributed by atoms with E-state index in [1.54, 1.807) is 6.07 Å². The normalized spacial score (nSPS) is 11.7. The molecule has 0 aliphatic rings. The van der Waals surface area contributed by atoms with Crippen LogP contribution in [0.15, 0.2) is 34.7 Å². The zero-order chi connectivity index (χ0) is 26.7. The van der Waals surface area contributed by atoms with E-state index >= 15 is 0 Å². The SMILES string of the molecule is COc1nc(OC)c(NC(=O)c2ccc(Oc3cc(C(C)(C)C[Si](C)(C)C)ccc3C)o2)c(OC)n1. The molecule has 0 unspecified atom stereocenters. The van der Waals surface area contributed by atoms with Crippen molar-refractivity contribution >= 4 is 19.7 Å². The lowest BCUT2D eigenvalue weighted by Gasteiger charge is -2.32. The van der Waals surface area contributed by atoms with Gasteiger partial charge in [-0.25, -0.2) is 0 Å². The molecule has 3 aromatic rings. The van der Waals surface area contributed by atoms with E-state index in [1.165, 1.54) is 33.0 Å². The molecule has 0 atom stereocenters. The molecule has 0 spiro atoms. The molecule has 2 aromatic heterocycles. The molecule has 1 aromatic carbocycles. The molecule has 9 nitrogen and oxygen atoms in total. The van der Waals surface area contributed by atoms with E-state index in [9.17, 15) is 4.79 Å². The minimum absolute atomic E-state index is 0.0169. The molecule has 10 heteroatoms. The number of methoxy groups -OCH3 is 3. The van der Waals surface area contributed by atoms with Gasteiger partial charge in [-0.1, -0.05) is 45.6 Å². The lowest BCUT2D eigenvalue weighted by atomic mass is 9.86. The van der Waals surface area contributed by atoms with Gasteiger partial charge in [0.05, 0.1) is 21.3 Å². The number of hydrogen-bond donors (Lipinski definition) is 1. The van der Waals surface area contributed by atoms with Crippen LogP contribution in [0.25, 0.3) is 0 Å². The van der Waals surface area contributed by atoms with Crippen molar-refractivity contribution in [3.63, 3.8) is 0 Å². The molecule has 36 heavy (non-hydrogen) atoms. The Morgan fingerprint density at radius 3 is 2.19 bits per heavy atom. The fourth-order valence-electron chi connectivity index (χ4n) is 4.24. The van der Waals surface area contributed by atoms with Crippen molar-refractivity contribution in [2.24, 2.45) is 0 Å². The van der Waals surface area contributed by atoms with Crippen LogP contribution < -0.4 is 24.3 Å². The van der Waals surface area contributed by atoms with Gasteiger partial charge in [-0.05, 0) is 41.6 Å². The van der Waals surface area contributed by atoms with E-state index in [0.717, 1.165) is 11.6 Å². The van der Waals surface area contributed by atoms with Crippen molar-refractivity contribution < 1.29 is 28.2 Å². The first-order valence-electron chi connectivity index (χ1n) is 11.6. The summed E-state index contributed by atoms with van der Waals surface area (Å²) < 4.78 is 27.3. The van der Waals surface area contributed by atoms with E-state index in [-0.39, 0.29) is 40.6 Å². The maximum absolute atomic E-state index is 12.9. The average Bonchev–Trinajstić information content (AvgIpc) is 3.27. The smallest absolute Gasteiger partial charge is 0.322 e. The highest BCUT2D eigenvalue weighted by Crippen LogP contribution is 2.37. The topological polar surface area (TPSA) is 105 Å². The Balaban J connectivity index is 1.81. The Morgan fingerprint density at radius 2 is 1.64 bits per heavy atom. The predicted octanol–water partition coefficient (Wildman–Crippen LogP) is 6.06. The molecule has 0 bridgehead atoms. The van der Waals surface area contributed by atoms with Crippen molar-refractivity contribution in [3.8, 4) is 29.5 Å². The highest BCUT2D eigenvalue weighted by atomic mass is 28.3. The van der Waals surface area contributed by atoms with Crippen molar-refractivity contribution in [2.45, 2.75) is 51.9 Å². The van der Waals surface area contributed by atoms with Gasteiger partial charge >= 0.3 is 6.01 Å². The lowest BCUT2D eigenvalue weighted by Crippen LogP contribution is -2.31. The van der Waals surface area contributed by atoms with Crippen LogP contribution >= 0.6 is 0 Å². The zero-order valence-corrected chi connectivity index (χ0v) is 23.4. The number of nitrogens with one attached hydrogen (secondary N) is 1.